The first-order chi connectivity index (χ1) is 24.2. The van der Waals surface area contributed by atoms with E-state index in [0.717, 1.165) is 85.6 Å². The molecule has 0 bridgehead atoms. The Labute approximate surface area is 283 Å². The summed E-state index contributed by atoms with van der Waals surface area (Å²) in [5.74, 6) is 2.82. The molecule has 49 heavy (non-hydrogen) atoms. The van der Waals surface area contributed by atoms with E-state index in [9.17, 15) is 0 Å². The number of hydrogen-bond donors (Lipinski definition) is 0. The predicted molar refractivity (Wildman–Crippen MR) is 199 cm³/mol. The summed E-state index contributed by atoms with van der Waals surface area (Å²) < 4.78 is 12.7. The molecule has 0 radical (unpaired) electrons. The van der Waals surface area contributed by atoms with Crippen LogP contribution in [0.2, 0.25) is 0 Å². The lowest BCUT2D eigenvalue weighted by atomic mass is 9.86. The normalized spacial score (nSPS) is 13.5. The minimum atomic E-state index is 0.599. The topological polar surface area (TPSA) is 65.0 Å². The first-order valence-electron chi connectivity index (χ1n) is 16.6. The van der Waals surface area contributed by atoms with Crippen LogP contribution in [0.15, 0.2) is 161 Å². The van der Waals surface area contributed by atoms with E-state index in [1.807, 2.05) is 54.6 Å². The summed E-state index contributed by atoms with van der Waals surface area (Å²) in [6, 6.07) is 37.2. The van der Waals surface area contributed by atoms with Crippen LogP contribution >= 0.6 is 0 Å². The van der Waals surface area contributed by atoms with Crippen LogP contribution in [0.5, 0.6) is 0 Å². The first-order valence-corrected chi connectivity index (χ1v) is 16.6. The number of furan rings is 2. The van der Waals surface area contributed by atoms with Crippen LogP contribution in [0.4, 0.5) is 0 Å². The summed E-state index contributed by atoms with van der Waals surface area (Å²) in [4.78, 5) is 15.8. The highest BCUT2D eigenvalue weighted by atomic mass is 16.3. The largest absolute Gasteiger partial charge is 0.460 e. The van der Waals surface area contributed by atoms with Crippen LogP contribution in [-0.2, 0) is 6.42 Å². The molecule has 0 saturated heterocycles. The summed E-state index contributed by atoms with van der Waals surface area (Å²) in [5.41, 5.74) is 7.67. The van der Waals surface area contributed by atoms with Crippen molar-refractivity contribution >= 4 is 49.3 Å². The molecule has 1 aliphatic carbocycles. The van der Waals surface area contributed by atoms with Gasteiger partial charge in [-0.25, -0.2) is 15.0 Å². The second-order valence-electron chi connectivity index (χ2n) is 12.3. The molecule has 234 valence electrons. The van der Waals surface area contributed by atoms with E-state index >= 15 is 0 Å². The average Bonchev–Trinajstić information content (AvgIpc) is 3.73. The lowest BCUT2D eigenvalue weighted by molar-refractivity contribution is 0.541. The number of aromatic nitrogens is 3. The Morgan fingerprint density at radius 2 is 1.35 bits per heavy atom. The van der Waals surface area contributed by atoms with Gasteiger partial charge in [-0.1, -0.05) is 127 Å². The highest BCUT2D eigenvalue weighted by molar-refractivity contribution is 6.12. The minimum Gasteiger partial charge on any atom is -0.460 e. The summed E-state index contributed by atoms with van der Waals surface area (Å²) in [6.45, 7) is 3.79. The molecule has 0 aliphatic heterocycles. The van der Waals surface area contributed by atoms with Crippen LogP contribution in [0.3, 0.4) is 0 Å². The number of nitrogens with zero attached hydrogens (tertiary/aromatic N) is 3. The zero-order valence-corrected chi connectivity index (χ0v) is 26.8. The Morgan fingerprint density at radius 3 is 2.22 bits per heavy atom. The van der Waals surface area contributed by atoms with Gasteiger partial charge in [-0.2, -0.15) is 0 Å². The molecule has 0 unspecified atom stereocenters. The third kappa shape index (κ3) is 5.08. The van der Waals surface area contributed by atoms with E-state index in [1.165, 1.54) is 11.0 Å². The Hall–Kier alpha value is -6.33. The third-order valence-corrected chi connectivity index (χ3v) is 9.29. The van der Waals surface area contributed by atoms with Crippen molar-refractivity contribution < 1.29 is 8.83 Å². The molecule has 0 saturated carbocycles. The Kier molecular flexibility index (Phi) is 7.09. The Balaban J connectivity index is 1.33. The zero-order valence-electron chi connectivity index (χ0n) is 26.8. The number of hydrogen-bond acceptors (Lipinski definition) is 5. The molecule has 3 heterocycles. The maximum absolute atomic E-state index is 6.46. The van der Waals surface area contributed by atoms with Gasteiger partial charge in [0, 0.05) is 44.8 Å². The number of para-hydroxylation sites is 2. The molecule has 0 fully saturated rings. The SMILES string of the molecule is C=C/C=C\C=C/CC1=C(c2nc(-c3ccc4ccccc4c3)nc(-c3cccc4oc5ccccc5c34)n2)c2c(oc3ccccc23)CC1. The quantitative estimate of drug-likeness (QED) is 0.163. The summed E-state index contributed by atoms with van der Waals surface area (Å²) in [6.07, 6.45) is 12.4. The summed E-state index contributed by atoms with van der Waals surface area (Å²) in [7, 11) is 0. The number of allylic oxidation sites excluding steroid dienone is 6. The highest BCUT2D eigenvalue weighted by Gasteiger charge is 2.29. The molecule has 3 aromatic heterocycles. The summed E-state index contributed by atoms with van der Waals surface area (Å²) >= 11 is 0. The first kappa shape index (κ1) is 28.9. The summed E-state index contributed by atoms with van der Waals surface area (Å²) in [5, 5.41) is 5.38. The van der Waals surface area contributed by atoms with Gasteiger partial charge in [0.1, 0.15) is 22.5 Å². The predicted octanol–water partition coefficient (Wildman–Crippen LogP) is 11.4. The number of rotatable bonds is 7. The molecule has 9 rings (SSSR count). The fourth-order valence-corrected chi connectivity index (χ4v) is 7.04. The van der Waals surface area contributed by atoms with Crippen LogP contribution in [0.1, 0.15) is 30.0 Å². The molecule has 8 aromatic rings. The van der Waals surface area contributed by atoms with Crippen molar-refractivity contribution in [2.75, 3.05) is 0 Å². The Bertz CT molecular complexity index is 2670. The molecule has 0 atom stereocenters. The van der Waals surface area contributed by atoms with Crippen molar-refractivity contribution in [3.05, 3.63) is 169 Å². The van der Waals surface area contributed by atoms with E-state index in [-0.39, 0.29) is 0 Å². The number of aryl methyl sites for hydroxylation is 1. The number of fused-ring (bicyclic) bond motifs is 7. The smallest absolute Gasteiger partial charge is 0.164 e. The van der Waals surface area contributed by atoms with Crippen LogP contribution in [0.25, 0.3) is 72.0 Å². The molecule has 5 nitrogen and oxygen atoms in total. The fraction of sp³-hybridized carbons (Fsp3) is 0.0682. The minimum absolute atomic E-state index is 0.599. The third-order valence-electron chi connectivity index (χ3n) is 9.29. The molecular weight excluding hydrogens is 603 g/mol. The molecule has 5 heteroatoms. The van der Waals surface area contributed by atoms with E-state index in [4.69, 9.17) is 23.8 Å². The van der Waals surface area contributed by atoms with Crippen molar-refractivity contribution in [1.29, 1.82) is 0 Å². The lowest BCUT2D eigenvalue weighted by Gasteiger charge is -2.20. The van der Waals surface area contributed by atoms with Crippen molar-refractivity contribution in [3.63, 3.8) is 0 Å². The van der Waals surface area contributed by atoms with Gasteiger partial charge >= 0.3 is 0 Å². The van der Waals surface area contributed by atoms with Gasteiger partial charge < -0.3 is 8.83 Å². The van der Waals surface area contributed by atoms with Gasteiger partial charge in [0.05, 0.1) is 0 Å². The Morgan fingerprint density at radius 1 is 0.612 bits per heavy atom. The van der Waals surface area contributed by atoms with Crippen molar-refractivity contribution in [3.8, 4) is 22.8 Å². The van der Waals surface area contributed by atoms with Crippen LogP contribution < -0.4 is 0 Å². The van der Waals surface area contributed by atoms with Gasteiger partial charge in [-0.15, -0.1) is 0 Å². The molecule has 0 amide bonds. The van der Waals surface area contributed by atoms with Crippen molar-refractivity contribution in [2.45, 2.75) is 19.3 Å². The van der Waals surface area contributed by atoms with E-state index < -0.39 is 0 Å². The van der Waals surface area contributed by atoms with Crippen molar-refractivity contribution in [1.82, 2.24) is 15.0 Å². The van der Waals surface area contributed by atoms with Gasteiger partial charge in [0.15, 0.2) is 17.5 Å². The molecule has 0 N–H and O–H groups in total. The maximum Gasteiger partial charge on any atom is 0.164 e. The molecule has 1 aliphatic rings. The zero-order chi connectivity index (χ0) is 32.7. The van der Waals surface area contributed by atoms with Crippen LogP contribution in [-0.4, -0.2) is 15.0 Å². The highest BCUT2D eigenvalue weighted by Crippen LogP contribution is 2.43. The second-order valence-corrected chi connectivity index (χ2v) is 12.3. The van der Waals surface area contributed by atoms with Gasteiger partial charge in [-0.3, -0.25) is 0 Å². The fourth-order valence-electron chi connectivity index (χ4n) is 7.04. The molecule has 5 aromatic carbocycles. The standard InChI is InChI=1S/C44H31N3O2/c1-2-3-4-5-6-15-29-25-26-38-41(33-18-10-12-21-36(33)49-38)39(29)44-46-42(31-24-23-28-14-7-8-16-30(28)27-31)45-43(47-44)34-19-13-22-37-40(34)32-17-9-11-20-35(32)48-37/h2-14,16-24,27H,1,15,25-26H2/b4-3-,6-5-. The molecular formula is C44H31N3O2. The van der Waals surface area contributed by atoms with Crippen LogP contribution in [0, 0.1) is 0 Å². The van der Waals surface area contributed by atoms with Gasteiger partial charge in [-0.05, 0) is 47.9 Å². The lowest BCUT2D eigenvalue weighted by Crippen LogP contribution is -2.10. The monoisotopic (exact) mass is 633 g/mol. The van der Waals surface area contributed by atoms with Gasteiger partial charge in [0.2, 0.25) is 0 Å². The second kappa shape index (κ2) is 12.0. The van der Waals surface area contributed by atoms with E-state index in [1.54, 1.807) is 6.08 Å². The van der Waals surface area contributed by atoms with Gasteiger partial charge in [0.25, 0.3) is 0 Å². The number of benzene rings is 5. The average molecular weight is 634 g/mol. The van der Waals surface area contributed by atoms with E-state index in [0.29, 0.717) is 17.5 Å². The maximum atomic E-state index is 6.46. The molecule has 0 spiro atoms. The van der Waals surface area contributed by atoms with Crippen molar-refractivity contribution in [2.24, 2.45) is 0 Å². The van der Waals surface area contributed by atoms with E-state index in [2.05, 4.69) is 85.5 Å².